The van der Waals surface area contributed by atoms with Gasteiger partial charge < -0.3 is 20.1 Å². The van der Waals surface area contributed by atoms with Gasteiger partial charge in [-0.05, 0) is 56.3 Å². The fourth-order valence-electron chi connectivity index (χ4n) is 2.23. The van der Waals surface area contributed by atoms with E-state index in [1.165, 1.54) is 7.11 Å². The Morgan fingerprint density at radius 1 is 0.960 bits per heavy atom. The second kappa shape index (κ2) is 8.19. The molecule has 0 aliphatic heterocycles. The number of hydrogen-bond donors (Lipinski definition) is 2. The maximum atomic E-state index is 12.4. The topological polar surface area (TPSA) is 76.7 Å². The molecule has 0 aliphatic rings. The normalized spacial score (nSPS) is 10.3. The summed E-state index contributed by atoms with van der Waals surface area (Å²) in [6.45, 7) is 3.88. The van der Waals surface area contributed by atoms with Gasteiger partial charge in [0.15, 0.2) is 0 Å². The number of methoxy groups -OCH3 is 1. The maximum absolute atomic E-state index is 12.4. The highest BCUT2D eigenvalue weighted by molar-refractivity contribution is 6.05. The van der Waals surface area contributed by atoms with Crippen LogP contribution in [0.15, 0.2) is 42.5 Å². The number of carbonyl (C=O) groups is 2. The fourth-order valence-corrected chi connectivity index (χ4v) is 2.23. The Morgan fingerprint density at radius 3 is 2.16 bits per heavy atom. The minimum atomic E-state index is -0.276. The van der Waals surface area contributed by atoms with Gasteiger partial charge in [-0.25, -0.2) is 0 Å². The fraction of sp³-hybridized carbons (Fsp3) is 0.263. The number of ether oxygens (including phenoxy) is 2. The first kappa shape index (κ1) is 18.3. The van der Waals surface area contributed by atoms with Crippen LogP contribution in [0.2, 0.25) is 0 Å². The lowest BCUT2D eigenvalue weighted by Crippen LogP contribution is -2.18. The zero-order valence-electron chi connectivity index (χ0n) is 14.8. The van der Waals surface area contributed by atoms with E-state index in [4.69, 9.17) is 9.47 Å². The van der Waals surface area contributed by atoms with Gasteiger partial charge in [0.05, 0.1) is 18.9 Å². The van der Waals surface area contributed by atoms with Gasteiger partial charge in [-0.3, -0.25) is 9.59 Å². The van der Waals surface area contributed by atoms with Gasteiger partial charge in [0.1, 0.15) is 11.5 Å². The highest BCUT2D eigenvalue weighted by Gasteiger charge is 2.13. The van der Waals surface area contributed by atoms with Crippen LogP contribution in [0.3, 0.4) is 0 Å². The first-order chi connectivity index (χ1) is 11.9. The molecule has 0 radical (unpaired) electrons. The number of anilines is 1. The molecule has 0 bridgehead atoms. The molecule has 2 aromatic rings. The van der Waals surface area contributed by atoms with Crippen molar-refractivity contribution < 1.29 is 19.1 Å². The van der Waals surface area contributed by atoms with Crippen LogP contribution in [0.1, 0.15) is 34.6 Å². The van der Waals surface area contributed by atoms with Crippen molar-refractivity contribution in [3.8, 4) is 11.5 Å². The number of nitrogens with one attached hydrogen (secondary N) is 2. The van der Waals surface area contributed by atoms with Gasteiger partial charge in [-0.15, -0.1) is 0 Å². The Hall–Kier alpha value is -3.02. The Bertz CT molecular complexity index is 755. The van der Waals surface area contributed by atoms with E-state index in [2.05, 4.69) is 10.6 Å². The molecule has 0 heterocycles. The number of carbonyl (C=O) groups excluding carboxylic acids is 2. The number of benzene rings is 2. The van der Waals surface area contributed by atoms with Crippen molar-refractivity contribution >= 4 is 17.5 Å². The van der Waals surface area contributed by atoms with Gasteiger partial charge in [-0.1, -0.05) is 0 Å². The minimum absolute atomic E-state index is 0.0720. The lowest BCUT2D eigenvalue weighted by atomic mass is 10.1. The summed E-state index contributed by atoms with van der Waals surface area (Å²) in [4.78, 5) is 24.1. The third-order valence-electron chi connectivity index (χ3n) is 3.43. The van der Waals surface area contributed by atoms with Gasteiger partial charge in [0, 0.05) is 18.2 Å². The molecule has 0 fully saturated rings. The monoisotopic (exact) mass is 342 g/mol. The summed E-state index contributed by atoms with van der Waals surface area (Å²) in [7, 11) is 3.04. The summed E-state index contributed by atoms with van der Waals surface area (Å²) >= 11 is 0. The Morgan fingerprint density at radius 2 is 1.60 bits per heavy atom. The minimum Gasteiger partial charge on any atom is -0.495 e. The van der Waals surface area contributed by atoms with Crippen molar-refractivity contribution in [1.82, 2.24) is 5.32 Å². The summed E-state index contributed by atoms with van der Waals surface area (Å²) < 4.78 is 10.8. The smallest absolute Gasteiger partial charge is 0.255 e. The SMILES string of the molecule is CNC(=O)c1ccc(NC(=O)c2ccc(OC(C)C)cc2)c(OC)c1. The molecule has 2 aromatic carbocycles. The highest BCUT2D eigenvalue weighted by atomic mass is 16.5. The molecule has 6 nitrogen and oxygen atoms in total. The number of amides is 2. The zero-order valence-corrected chi connectivity index (χ0v) is 14.8. The van der Waals surface area contributed by atoms with Crippen molar-refractivity contribution in [2.24, 2.45) is 0 Å². The van der Waals surface area contributed by atoms with E-state index >= 15 is 0 Å². The maximum Gasteiger partial charge on any atom is 0.255 e. The van der Waals surface area contributed by atoms with Crippen molar-refractivity contribution in [3.63, 3.8) is 0 Å². The number of hydrogen-bond acceptors (Lipinski definition) is 4. The average Bonchev–Trinajstić information content (AvgIpc) is 2.61. The molecule has 6 heteroatoms. The summed E-state index contributed by atoms with van der Waals surface area (Å²) in [5.74, 6) is 0.618. The predicted octanol–water partition coefficient (Wildman–Crippen LogP) is 3.09. The van der Waals surface area contributed by atoms with E-state index in [9.17, 15) is 9.59 Å². The van der Waals surface area contributed by atoms with E-state index in [-0.39, 0.29) is 17.9 Å². The Kier molecular flexibility index (Phi) is 6.00. The molecule has 0 aliphatic carbocycles. The van der Waals surface area contributed by atoms with Crippen molar-refractivity contribution in [3.05, 3.63) is 53.6 Å². The lowest BCUT2D eigenvalue weighted by molar-refractivity contribution is 0.0962. The van der Waals surface area contributed by atoms with Gasteiger partial charge >= 0.3 is 0 Å². The quantitative estimate of drug-likeness (QED) is 0.846. The van der Waals surface area contributed by atoms with Crippen LogP contribution in [0.5, 0.6) is 11.5 Å². The Labute approximate surface area is 147 Å². The molecular weight excluding hydrogens is 320 g/mol. The average molecular weight is 342 g/mol. The standard InChI is InChI=1S/C19H22N2O4/c1-12(2)25-15-8-5-13(6-9-15)19(23)21-16-10-7-14(18(22)20-3)11-17(16)24-4/h5-12H,1-4H3,(H,20,22)(H,21,23). The summed E-state index contributed by atoms with van der Waals surface area (Å²) in [5.41, 5.74) is 1.43. The Balaban J connectivity index is 2.15. The van der Waals surface area contributed by atoms with E-state index in [1.54, 1.807) is 49.5 Å². The molecular formula is C19H22N2O4. The first-order valence-corrected chi connectivity index (χ1v) is 7.92. The van der Waals surface area contributed by atoms with E-state index in [0.29, 0.717) is 28.3 Å². The van der Waals surface area contributed by atoms with Crippen LogP contribution in [-0.2, 0) is 0 Å². The van der Waals surface area contributed by atoms with Gasteiger partial charge in [0.25, 0.3) is 11.8 Å². The summed E-state index contributed by atoms with van der Waals surface area (Å²) in [6, 6.07) is 11.7. The van der Waals surface area contributed by atoms with Crippen LogP contribution in [0, 0.1) is 0 Å². The highest BCUT2D eigenvalue weighted by Crippen LogP contribution is 2.26. The third kappa shape index (κ3) is 4.73. The lowest BCUT2D eigenvalue weighted by Gasteiger charge is -2.12. The molecule has 2 rings (SSSR count). The van der Waals surface area contributed by atoms with Crippen molar-refractivity contribution in [2.75, 3.05) is 19.5 Å². The van der Waals surface area contributed by atoms with Crippen LogP contribution in [0.25, 0.3) is 0 Å². The molecule has 0 saturated heterocycles. The molecule has 132 valence electrons. The summed E-state index contributed by atoms with van der Waals surface area (Å²) in [6.07, 6.45) is 0.0720. The summed E-state index contributed by atoms with van der Waals surface area (Å²) in [5, 5.41) is 5.33. The van der Waals surface area contributed by atoms with E-state index < -0.39 is 0 Å². The molecule has 25 heavy (non-hydrogen) atoms. The van der Waals surface area contributed by atoms with Gasteiger partial charge in [0.2, 0.25) is 0 Å². The van der Waals surface area contributed by atoms with Gasteiger partial charge in [-0.2, -0.15) is 0 Å². The first-order valence-electron chi connectivity index (χ1n) is 7.92. The second-order valence-electron chi connectivity index (χ2n) is 5.64. The van der Waals surface area contributed by atoms with Crippen molar-refractivity contribution in [1.29, 1.82) is 0 Å². The molecule has 0 spiro atoms. The van der Waals surface area contributed by atoms with E-state index in [1.807, 2.05) is 13.8 Å². The van der Waals surface area contributed by atoms with Crippen LogP contribution < -0.4 is 20.1 Å². The largest absolute Gasteiger partial charge is 0.495 e. The van der Waals surface area contributed by atoms with Crippen molar-refractivity contribution in [2.45, 2.75) is 20.0 Å². The molecule has 0 aromatic heterocycles. The molecule has 2 amide bonds. The second-order valence-corrected chi connectivity index (χ2v) is 5.64. The molecule has 0 atom stereocenters. The van der Waals surface area contributed by atoms with E-state index in [0.717, 1.165) is 0 Å². The molecule has 0 unspecified atom stereocenters. The van der Waals surface area contributed by atoms with Crippen LogP contribution in [0.4, 0.5) is 5.69 Å². The van der Waals surface area contributed by atoms with Crippen LogP contribution >= 0.6 is 0 Å². The molecule has 2 N–H and O–H groups in total. The third-order valence-corrected chi connectivity index (χ3v) is 3.43. The molecule has 0 saturated carbocycles. The number of rotatable bonds is 6. The predicted molar refractivity (Wildman–Crippen MR) is 96.5 cm³/mol. The zero-order chi connectivity index (χ0) is 18.4. The van der Waals surface area contributed by atoms with Crippen LogP contribution in [-0.4, -0.2) is 32.1 Å².